The smallest absolute Gasteiger partial charge is 0.260 e. The summed E-state index contributed by atoms with van der Waals surface area (Å²) >= 11 is 0. The highest BCUT2D eigenvalue weighted by molar-refractivity contribution is 5.77. The van der Waals surface area contributed by atoms with Crippen molar-refractivity contribution in [3.63, 3.8) is 0 Å². The summed E-state index contributed by atoms with van der Waals surface area (Å²) in [5, 5.41) is 9.90. The van der Waals surface area contributed by atoms with Crippen molar-refractivity contribution >= 4 is 5.91 Å². The van der Waals surface area contributed by atoms with Crippen LogP contribution < -0.4 is 4.74 Å². The number of ether oxygens (including phenoxy) is 1. The molecule has 4 heteroatoms. The van der Waals surface area contributed by atoms with Gasteiger partial charge in [-0.15, -0.1) is 0 Å². The molecule has 1 amide bonds. The van der Waals surface area contributed by atoms with E-state index in [1.807, 2.05) is 32.0 Å². The maximum Gasteiger partial charge on any atom is 0.260 e. The van der Waals surface area contributed by atoms with E-state index >= 15 is 0 Å². The number of likely N-dealkylation sites (N-methyl/N-ethyl adjacent to an activating group) is 1. The third kappa shape index (κ3) is 3.31. The van der Waals surface area contributed by atoms with Gasteiger partial charge in [-0.3, -0.25) is 4.79 Å². The fraction of sp³-hybridized carbons (Fsp3) is 0.562. The molecule has 0 fully saturated rings. The van der Waals surface area contributed by atoms with Gasteiger partial charge >= 0.3 is 0 Å². The Labute approximate surface area is 120 Å². The van der Waals surface area contributed by atoms with Crippen LogP contribution in [-0.4, -0.2) is 35.6 Å². The fourth-order valence-corrected chi connectivity index (χ4v) is 2.39. The lowest BCUT2D eigenvalue weighted by Gasteiger charge is -2.23. The normalized spacial score (nSPS) is 17.8. The summed E-state index contributed by atoms with van der Waals surface area (Å²) in [5.74, 6) is 0.668. The summed E-state index contributed by atoms with van der Waals surface area (Å²) in [5.41, 5.74) is 2.13. The second-order valence-electron chi connectivity index (χ2n) is 5.66. The second kappa shape index (κ2) is 6.27. The van der Waals surface area contributed by atoms with Gasteiger partial charge in [0.15, 0.2) is 6.61 Å². The molecule has 0 heterocycles. The van der Waals surface area contributed by atoms with Crippen molar-refractivity contribution < 1.29 is 14.6 Å². The van der Waals surface area contributed by atoms with E-state index in [1.54, 1.807) is 11.9 Å². The first-order valence-electron chi connectivity index (χ1n) is 7.18. The Morgan fingerprint density at radius 3 is 2.95 bits per heavy atom. The average Bonchev–Trinajstić information content (AvgIpc) is 2.44. The van der Waals surface area contributed by atoms with Crippen LogP contribution in [-0.2, 0) is 11.2 Å². The number of aliphatic hydroxyl groups excluding tert-OH is 1. The Hall–Kier alpha value is -1.55. The van der Waals surface area contributed by atoms with Gasteiger partial charge in [-0.2, -0.15) is 0 Å². The van der Waals surface area contributed by atoms with Crippen LogP contribution in [0.5, 0.6) is 5.75 Å². The van der Waals surface area contributed by atoms with E-state index in [0.717, 1.165) is 30.4 Å². The number of carbonyl (C=O) groups is 1. The highest BCUT2D eigenvalue weighted by Crippen LogP contribution is 2.31. The Morgan fingerprint density at radius 2 is 2.25 bits per heavy atom. The maximum absolute atomic E-state index is 11.9. The molecular weight excluding hydrogens is 254 g/mol. The average molecular weight is 277 g/mol. The van der Waals surface area contributed by atoms with Crippen LogP contribution in [0.15, 0.2) is 18.2 Å². The maximum atomic E-state index is 11.9. The molecular formula is C16H23NO3. The van der Waals surface area contributed by atoms with Gasteiger partial charge in [0, 0.05) is 13.1 Å². The van der Waals surface area contributed by atoms with Gasteiger partial charge in [-0.1, -0.05) is 6.07 Å². The largest absolute Gasteiger partial charge is 0.484 e. The molecule has 20 heavy (non-hydrogen) atoms. The minimum Gasteiger partial charge on any atom is -0.484 e. The lowest BCUT2D eigenvalue weighted by molar-refractivity contribution is -0.133. The number of aryl methyl sites for hydroxylation is 1. The number of aliphatic hydroxyl groups is 1. The zero-order valence-electron chi connectivity index (χ0n) is 12.4. The minimum atomic E-state index is -0.360. The van der Waals surface area contributed by atoms with Crippen molar-refractivity contribution in [3.05, 3.63) is 29.3 Å². The number of fused-ring (bicyclic) bond motifs is 1. The number of nitrogens with zero attached hydrogens (tertiary/aromatic N) is 1. The number of carbonyl (C=O) groups excluding carboxylic acids is 1. The summed E-state index contributed by atoms with van der Waals surface area (Å²) in [7, 11) is 1.78. The first-order chi connectivity index (χ1) is 9.49. The molecule has 0 radical (unpaired) electrons. The Balaban J connectivity index is 1.99. The van der Waals surface area contributed by atoms with Crippen LogP contribution in [0.3, 0.4) is 0 Å². The van der Waals surface area contributed by atoms with Gasteiger partial charge in [0.05, 0.1) is 6.10 Å². The van der Waals surface area contributed by atoms with Crippen molar-refractivity contribution in [1.29, 1.82) is 0 Å². The first kappa shape index (κ1) is 14.9. The van der Waals surface area contributed by atoms with E-state index in [4.69, 9.17) is 4.74 Å². The Morgan fingerprint density at radius 1 is 1.50 bits per heavy atom. The highest BCUT2D eigenvalue weighted by Gasteiger charge is 2.18. The fourth-order valence-electron chi connectivity index (χ4n) is 2.39. The topological polar surface area (TPSA) is 49.8 Å². The molecule has 4 nitrogen and oxygen atoms in total. The molecule has 1 aromatic rings. The SMILES string of the molecule is CC(C)N(C)C(=O)COc1ccc2c(c1)CCCC2O. The summed E-state index contributed by atoms with van der Waals surface area (Å²) < 4.78 is 5.57. The van der Waals surface area contributed by atoms with Gasteiger partial charge in [0.2, 0.25) is 0 Å². The number of benzene rings is 1. The highest BCUT2D eigenvalue weighted by atomic mass is 16.5. The molecule has 2 rings (SSSR count). The van der Waals surface area contributed by atoms with Crippen molar-refractivity contribution in [2.75, 3.05) is 13.7 Å². The predicted octanol–water partition coefficient (Wildman–Crippen LogP) is 2.30. The number of hydrogen-bond donors (Lipinski definition) is 1. The lowest BCUT2D eigenvalue weighted by Crippen LogP contribution is -2.36. The molecule has 1 aromatic carbocycles. The third-order valence-electron chi connectivity index (χ3n) is 3.93. The van der Waals surface area contributed by atoms with E-state index in [9.17, 15) is 9.90 Å². The van der Waals surface area contributed by atoms with Gasteiger partial charge in [0.1, 0.15) is 5.75 Å². The molecule has 0 aromatic heterocycles. The monoisotopic (exact) mass is 277 g/mol. The number of amides is 1. The molecule has 1 atom stereocenters. The van der Waals surface area contributed by atoms with E-state index in [0.29, 0.717) is 5.75 Å². The molecule has 110 valence electrons. The summed E-state index contributed by atoms with van der Waals surface area (Å²) in [6.07, 6.45) is 2.42. The molecule has 0 aliphatic heterocycles. The van der Waals surface area contributed by atoms with Crippen LogP contribution in [0.2, 0.25) is 0 Å². The van der Waals surface area contributed by atoms with E-state index in [-0.39, 0.29) is 24.7 Å². The number of rotatable bonds is 4. The number of hydrogen-bond acceptors (Lipinski definition) is 3. The minimum absolute atomic E-state index is 0.0299. The van der Waals surface area contributed by atoms with E-state index in [2.05, 4.69) is 0 Å². The van der Waals surface area contributed by atoms with Gasteiger partial charge < -0.3 is 14.7 Å². The molecule has 0 spiro atoms. The molecule has 0 saturated carbocycles. The van der Waals surface area contributed by atoms with E-state index < -0.39 is 0 Å². The van der Waals surface area contributed by atoms with Crippen molar-refractivity contribution in [1.82, 2.24) is 4.90 Å². The molecule has 0 bridgehead atoms. The third-order valence-corrected chi connectivity index (χ3v) is 3.93. The van der Waals surface area contributed by atoms with Gasteiger partial charge in [-0.05, 0) is 56.4 Å². The van der Waals surface area contributed by atoms with Crippen molar-refractivity contribution in [3.8, 4) is 5.75 Å². The van der Waals surface area contributed by atoms with Gasteiger partial charge in [-0.25, -0.2) is 0 Å². The van der Waals surface area contributed by atoms with Crippen LogP contribution in [0, 0.1) is 0 Å². The Bertz CT molecular complexity index is 485. The quantitative estimate of drug-likeness (QED) is 0.918. The summed E-state index contributed by atoms with van der Waals surface area (Å²) in [6.45, 7) is 3.99. The lowest BCUT2D eigenvalue weighted by atomic mass is 9.89. The second-order valence-corrected chi connectivity index (χ2v) is 5.66. The summed E-state index contributed by atoms with van der Waals surface area (Å²) in [4.78, 5) is 13.5. The zero-order chi connectivity index (χ0) is 14.7. The van der Waals surface area contributed by atoms with Crippen LogP contribution in [0.25, 0.3) is 0 Å². The summed E-state index contributed by atoms with van der Waals surface area (Å²) in [6, 6.07) is 5.85. The molecule has 1 N–H and O–H groups in total. The predicted molar refractivity (Wildman–Crippen MR) is 77.7 cm³/mol. The van der Waals surface area contributed by atoms with Crippen LogP contribution in [0.4, 0.5) is 0 Å². The van der Waals surface area contributed by atoms with E-state index in [1.165, 1.54) is 0 Å². The van der Waals surface area contributed by atoms with Gasteiger partial charge in [0.25, 0.3) is 5.91 Å². The van der Waals surface area contributed by atoms with Crippen LogP contribution in [0.1, 0.15) is 43.9 Å². The zero-order valence-corrected chi connectivity index (χ0v) is 12.4. The van der Waals surface area contributed by atoms with Crippen LogP contribution >= 0.6 is 0 Å². The van der Waals surface area contributed by atoms with Crippen molar-refractivity contribution in [2.24, 2.45) is 0 Å². The molecule has 1 aliphatic rings. The van der Waals surface area contributed by atoms with Crippen molar-refractivity contribution in [2.45, 2.75) is 45.3 Å². The standard InChI is InChI=1S/C16H23NO3/c1-11(2)17(3)16(19)10-20-13-7-8-14-12(9-13)5-4-6-15(14)18/h7-9,11,15,18H,4-6,10H2,1-3H3. The molecule has 1 aliphatic carbocycles. The molecule has 0 saturated heterocycles. The Kier molecular flexibility index (Phi) is 4.65. The molecule has 1 unspecified atom stereocenters. The first-order valence-corrected chi connectivity index (χ1v) is 7.18.